The second-order valence-corrected chi connectivity index (χ2v) is 12.4. The summed E-state index contributed by atoms with van der Waals surface area (Å²) < 4.78 is 11.9. The molecule has 4 fully saturated rings. The van der Waals surface area contributed by atoms with Crippen LogP contribution in [0.1, 0.15) is 65.7 Å². The Bertz CT molecular complexity index is 861. The average Bonchev–Trinajstić information content (AvgIpc) is 3.44. The Morgan fingerprint density at radius 2 is 2.03 bits per heavy atom. The van der Waals surface area contributed by atoms with Crippen molar-refractivity contribution in [2.75, 3.05) is 19.8 Å². The standard InChI is InChI=1S/C27H41BrN2O6/c1-5-12-29(17-10-8-7-9-11-17)25(33)23-27-14-19(28)22(36-27)20(26(34)35-6-2)21(27)24(32)30(23)18(15-31)13-16(3)4/h5,16-23,31H,1,6-15H2,2-4H3/t18-,19?,20-,21+,22-,23-,27+/m1/s1. The van der Waals surface area contributed by atoms with E-state index in [9.17, 15) is 19.5 Å². The van der Waals surface area contributed by atoms with E-state index >= 15 is 0 Å². The molecule has 2 amide bonds. The summed E-state index contributed by atoms with van der Waals surface area (Å²) in [6.07, 6.45) is 7.32. The third-order valence-corrected chi connectivity index (χ3v) is 9.34. The van der Waals surface area contributed by atoms with Crippen molar-refractivity contribution in [2.24, 2.45) is 17.8 Å². The first-order valence-electron chi connectivity index (χ1n) is 13.5. The van der Waals surface area contributed by atoms with Gasteiger partial charge in [0.15, 0.2) is 0 Å². The van der Waals surface area contributed by atoms with Crippen LogP contribution in [-0.2, 0) is 23.9 Å². The van der Waals surface area contributed by atoms with Crippen molar-refractivity contribution < 1.29 is 29.0 Å². The minimum atomic E-state index is -1.14. The van der Waals surface area contributed by atoms with Gasteiger partial charge < -0.3 is 24.4 Å². The molecule has 0 radical (unpaired) electrons. The van der Waals surface area contributed by atoms with Gasteiger partial charge in [-0.05, 0) is 38.5 Å². The van der Waals surface area contributed by atoms with E-state index in [1.807, 2.05) is 18.7 Å². The number of aliphatic hydroxyl groups excluding tert-OH is 1. The van der Waals surface area contributed by atoms with Gasteiger partial charge in [-0.3, -0.25) is 14.4 Å². The van der Waals surface area contributed by atoms with Gasteiger partial charge in [-0.15, -0.1) is 6.58 Å². The summed E-state index contributed by atoms with van der Waals surface area (Å²) in [5.41, 5.74) is -1.14. The predicted molar refractivity (Wildman–Crippen MR) is 138 cm³/mol. The summed E-state index contributed by atoms with van der Waals surface area (Å²) in [6, 6.07) is -1.37. The number of likely N-dealkylation sites (tertiary alicyclic amines) is 1. The number of ether oxygens (including phenoxy) is 2. The fourth-order valence-corrected chi connectivity index (χ4v) is 8.12. The highest BCUT2D eigenvalue weighted by Crippen LogP contribution is 2.61. The Labute approximate surface area is 222 Å². The monoisotopic (exact) mass is 568 g/mol. The van der Waals surface area contributed by atoms with Crippen LogP contribution < -0.4 is 0 Å². The highest BCUT2D eigenvalue weighted by Gasteiger charge is 2.77. The van der Waals surface area contributed by atoms with E-state index in [0.29, 0.717) is 19.4 Å². The molecular weight excluding hydrogens is 528 g/mol. The molecule has 9 heteroatoms. The molecule has 7 atom stereocenters. The molecule has 3 heterocycles. The molecule has 36 heavy (non-hydrogen) atoms. The summed E-state index contributed by atoms with van der Waals surface area (Å²) >= 11 is 3.69. The van der Waals surface area contributed by atoms with Crippen molar-refractivity contribution in [1.29, 1.82) is 0 Å². The van der Waals surface area contributed by atoms with Crippen LogP contribution in [0.25, 0.3) is 0 Å². The summed E-state index contributed by atoms with van der Waals surface area (Å²) in [5, 5.41) is 10.4. The third-order valence-electron chi connectivity index (χ3n) is 8.49. The first-order chi connectivity index (χ1) is 17.2. The lowest BCUT2D eigenvalue weighted by Gasteiger charge is -2.42. The van der Waals surface area contributed by atoms with Crippen LogP contribution in [0.5, 0.6) is 0 Å². The zero-order valence-corrected chi connectivity index (χ0v) is 23.3. The van der Waals surface area contributed by atoms with Crippen LogP contribution in [0.2, 0.25) is 0 Å². The molecule has 8 nitrogen and oxygen atoms in total. The van der Waals surface area contributed by atoms with Crippen LogP contribution in [0.15, 0.2) is 12.7 Å². The summed E-state index contributed by atoms with van der Waals surface area (Å²) in [7, 11) is 0. The molecule has 0 aromatic heterocycles. The number of rotatable bonds is 10. The molecule has 2 bridgehead atoms. The Morgan fingerprint density at radius 1 is 1.33 bits per heavy atom. The normalized spacial score (nSPS) is 34.7. The van der Waals surface area contributed by atoms with Gasteiger partial charge in [-0.25, -0.2) is 0 Å². The molecule has 0 aromatic rings. The molecule has 0 aromatic carbocycles. The molecule has 202 valence electrons. The molecular formula is C27H41BrN2O6. The molecule has 3 saturated heterocycles. The lowest BCUT2D eigenvalue weighted by atomic mass is 9.70. The van der Waals surface area contributed by atoms with Gasteiger partial charge in [0.05, 0.1) is 37.2 Å². The van der Waals surface area contributed by atoms with E-state index in [2.05, 4.69) is 22.5 Å². The Kier molecular flexibility index (Phi) is 8.52. The number of amides is 2. The number of aliphatic hydroxyl groups is 1. The minimum Gasteiger partial charge on any atom is -0.466 e. The van der Waals surface area contributed by atoms with E-state index in [1.165, 1.54) is 0 Å². The zero-order chi connectivity index (χ0) is 26.2. The van der Waals surface area contributed by atoms with Gasteiger partial charge in [-0.2, -0.15) is 0 Å². The van der Waals surface area contributed by atoms with E-state index in [-0.39, 0.29) is 41.8 Å². The smallest absolute Gasteiger partial charge is 0.312 e. The van der Waals surface area contributed by atoms with E-state index in [1.54, 1.807) is 17.9 Å². The maximum Gasteiger partial charge on any atom is 0.312 e. The van der Waals surface area contributed by atoms with Crippen molar-refractivity contribution in [3.8, 4) is 0 Å². The van der Waals surface area contributed by atoms with E-state index < -0.39 is 41.6 Å². The second-order valence-electron chi connectivity index (χ2n) is 11.2. The van der Waals surface area contributed by atoms with Crippen molar-refractivity contribution in [1.82, 2.24) is 9.80 Å². The van der Waals surface area contributed by atoms with Crippen LogP contribution >= 0.6 is 15.9 Å². The molecule has 1 aliphatic carbocycles. The van der Waals surface area contributed by atoms with Crippen molar-refractivity contribution in [3.05, 3.63) is 12.7 Å². The number of halogens is 1. The Hall–Kier alpha value is -1.45. The average molecular weight is 570 g/mol. The SMILES string of the molecule is C=CCN(C(=O)[C@H]1N([C@@H](CO)CC(C)C)C(=O)[C@@H]2[C@@H](C(=O)OCC)[C@@H]3O[C@@]21CC3Br)C1CCCCC1. The highest BCUT2D eigenvalue weighted by molar-refractivity contribution is 9.09. The number of alkyl halides is 1. The molecule has 1 unspecified atom stereocenters. The third kappa shape index (κ3) is 4.53. The quantitative estimate of drug-likeness (QED) is 0.247. The first kappa shape index (κ1) is 27.6. The minimum absolute atomic E-state index is 0.0774. The van der Waals surface area contributed by atoms with Gasteiger partial charge in [-0.1, -0.05) is 55.1 Å². The van der Waals surface area contributed by atoms with E-state index in [4.69, 9.17) is 9.47 Å². The molecule has 4 aliphatic rings. The van der Waals surface area contributed by atoms with Crippen LogP contribution in [-0.4, -0.2) is 87.1 Å². The largest absolute Gasteiger partial charge is 0.466 e. The van der Waals surface area contributed by atoms with Crippen molar-refractivity contribution >= 4 is 33.7 Å². The van der Waals surface area contributed by atoms with Crippen LogP contribution in [0.3, 0.4) is 0 Å². The molecule has 1 saturated carbocycles. The lowest BCUT2D eigenvalue weighted by molar-refractivity contribution is -0.157. The molecule has 3 aliphatic heterocycles. The molecule has 1 spiro atoms. The van der Waals surface area contributed by atoms with Crippen LogP contribution in [0, 0.1) is 17.8 Å². The second kappa shape index (κ2) is 11.1. The number of carbonyl (C=O) groups is 3. The number of carbonyl (C=O) groups excluding carboxylic acids is 3. The van der Waals surface area contributed by atoms with Gasteiger partial charge >= 0.3 is 5.97 Å². The molecule has 1 N–H and O–H groups in total. The number of fused-ring (bicyclic) bond motifs is 1. The van der Waals surface area contributed by atoms with Crippen LogP contribution in [0.4, 0.5) is 0 Å². The number of nitrogens with zero attached hydrogens (tertiary/aromatic N) is 2. The predicted octanol–water partition coefficient (Wildman–Crippen LogP) is 3.05. The molecule has 4 rings (SSSR count). The highest BCUT2D eigenvalue weighted by atomic mass is 79.9. The Balaban J connectivity index is 1.79. The van der Waals surface area contributed by atoms with Crippen molar-refractivity contribution in [2.45, 2.75) is 100 Å². The summed E-state index contributed by atoms with van der Waals surface area (Å²) in [4.78, 5) is 45.1. The first-order valence-corrected chi connectivity index (χ1v) is 14.5. The fourth-order valence-electron chi connectivity index (χ4n) is 7.18. The zero-order valence-electron chi connectivity index (χ0n) is 21.7. The van der Waals surface area contributed by atoms with Crippen molar-refractivity contribution in [3.63, 3.8) is 0 Å². The number of esters is 1. The van der Waals surface area contributed by atoms with Gasteiger partial charge in [0.25, 0.3) is 0 Å². The summed E-state index contributed by atoms with van der Waals surface area (Å²) in [6.45, 7) is 10.0. The van der Waals surface area contributed by atoms with Gasteiger partial charge in [0.1, 0.15) is 11.6 Å². The van der Waals surface area contributed by atoms with Gasteiger partial charge in [0, 0.05) is 17.4 Å². The lowest BCUT2D eigenvalue weighted by Crippen LogP contribution is -2.60. The topological polar surface area (TPSA) is 96.4 Å². The van der Waals surface area contributed by atoms with Gasteiger partial charge in [0.2, 0.25) is 11.8 Å². The van der Waals surface area contributed by atoms with E-state index in [0.717, 1.165) is 32.1 Å². The number of hydrogen-bond donors (Lipinski definition) is 1. The number of hydrogen-bond acceptors (Lipinski definition) is 6. The maximum absolute atomic E-state index is 14.5. The Morgan fingerprint density at radius 3 is 2.61 bits per heavy atom. The maximum atomic E-state index is 14.5. The fraction of sp³-hybridized carbons (Fsp3) is 0.815. The summed E-state index contributed by atoms with van der Waals surface area (Å²) in [5.74, 6) is -2.29.